The van der Waals surface area contributed by atoms with E-state index in [0.717, 1.165) is 16.0 Å². The molecule has 1 heteroatoms. The molecule has 0 unspecified atom stereocenters. The first-order chi connectivity index (χ1) is 8.16. The van der Waals surface area contributed by atoms with Gasteiger partial charge in [0.2, 0.25) is 0 Å². The van der Waals surface area contributed by atoms with E-state index in [1.54, 1.807) is 0 Å². The van der Waals surface area contributed by atoms with Crippen LogP contribution in [0.5, 0.6) is 0 Å². The van der Waals surface area contributed by atoms with Crippen molar-refractivity contribution in [1.29, 1.82) is 0 Å². The highest BCUT2D eigenvalue weighted by molar-refractivity contribution is 5.63. The van der Waals surface area contributed by atoms with Gasteiger partial charge in [-0.3, -0.25) is 0 Å². The number of hydrogen-bond donors (Lipinski definition) is 1. The maximum atomic E-state index is 5.56. The Morgan fingerprint density at radius 2 is 1.71 bits per heavy atom. The summed E-state index contributed by atoms with van der Waals surface area (Å²) in [6.07, 6.45) is 1.83. The Morgan fingerprint density at radius 3 is 2.29 bits per heavy atom. The van der Waals surface area contributed by atoms with Crippen LogP contribution in [0.4, 0.5) is 0 Å². The molecule has 0 aliphatic rings. The lowest BCUT2D eigenvalue weighted by molar-refractivity contribution is 1.46. The van der Waals surface area contributed by atoms with Gasteiger partial charge in [0.1, 0.15) is 0 Å². The van der Waals surface area contributed by atoms with Crippen LogP contribution in [-0.4, -0.2) is 0 Å². The van der Waals surface area contributed by atoms with Gasteiger partial charge in [-0.2, -0.15) is 0 Å². The number of benzene rings is 2. The maximum Gasteiger partial charge on any atom is 0.0247 e. The van der Waals surface area contributed by atoms with Gasteiger partial charge in [-0.1, -0.05) is 55.6 Å². The van der Waals surface area contributed by atoms with Gasteiger partial charge in [0.25, 0.3) is 0 Å². The lowest BCUT2D eigenvalue weighted by Crippen LogP contribution is -2.23. The summed E-state index contributed by atoms with van der Waals surface area (Å²) in [5, 5.41) is 1.97. The quantitative estimate of drug-likeness (QED) is 0.825. The fourth-order valence-corrected chi connectivity index (χ4v) is 1.76. The van der Waals surface area contributed by atoms with Gasteiger partial charge in [0.05, 0.1) is 0 Å². The number of rotatable bonds is 2. The number of nitrogens with two attached hydrogens (primary N) is 1. The summed E-state index contributed by atoms with van der Waals surface area (Å²) in [4.78, 5) is 0. The lowest BCUT2D eigenvalue weighted by Gasteiger charge is -2.01. The van der Waals surface area contributed by atoms with E-state index in [1.807, 2.05) is 30.3 Å². The van der Waals surface area contributed by atoms with Crippen LogP contribution >= 0.6 is 0 Å². The first kappa shape index (κ1) is 11.2. The lowest BCUT2D eigenvalue weighted by atomic mass is 10.0. The van der Waals surface area contributed by atoms with E-state index in [4.69, 9.17) is 5.73 Å². The second-order valence-electron chi connectivity index (χ2n) is 4.00. The Balaban J connectivity index is 2.53. The Bertz CT molecular complexity index is 639. The molecule has 0 spiro atoms. The van der Waals surface area contributed by atoms with Crippen LogP contribution in [0, 0.1) is 0 Å². The van der Waals surface area contributed by atoms with E-state index in [9.17, 15) is 0 Å². The van der Waals surface area contributed by atoms with Crippen LogP contribution in [0.25, 0.3) is 23.8 Å². The van der Waals surface area contributed by atoms with E-state index in [0.29, 0.717) is 5.70 Å². The Hall–Kier alpha value is -2.28. The summed E-state index contributed by atoms with van der Waals surface area (Å²) >= 11 is 0. The van der Waals surface area contributed by atoms with Gasteiger partial charge < -0.3 is 5.73 Å². The number of hydrogen-bond acceptors (Lipinski definition) is 1. The summed E-state index contributed by atoms with van der Waals surface area (Å²) < 4.78 is 0. The minimum atomic E-state index is 0.544. The zero-order valence-electron chi connectivity index (χ0n) is 9.69. The minimum Gasteiger partial charge on any atom is -0.399 e. The van der Waals surface area contributed by atoms with Crippen molar-refractivity contribution < 1.29 is 0 Å². The van der Waals surface area contributed by atoms with Crippen LogP contribution in [0.1, 0.15) is 0 Å². The highest BCUT2D eigenvalue weighted by Crippen LogP contribution is 2.15. The van der Waals surface area contributed by atoms with Gasteiger partial charge >= 0.3 is 0 Å². The van der Waals surface area contributed by atoms with E-state index >= 15 is 0 Å². The SMILES string of the molecule is C=C(N)/C=c1/ccc(-c2ccccc2)cc1=C. The molecular formula is C16H15N. The van der Waals surface area contributed by atoms with E-state index in [-0.39, 0.29) is 0 Å². The summed E-state index contributed by atoms with van der Waals surface area (Å²) in [5.41, 5.74) is 8.46. The molecule has 0 amide bonds. The van der Waals surface area contributed by atoms with Crippen LogP contribution in [0.2, 0.25) is 0 Å². The van der Waals surface area contributed by atoms with Crippen molar-refractivity contribution in [1.82, 2.24) is 0 Å². The molecule has 2 aromatic rings. The Kier molecular flexibility index (Phi) is 3.10. The molecule has 1 nitrogen and oxygen atoms in total. The highest BCUT2D eigenvalue weighted by Gasteiger charge is 1.95. The predicted octanol–water partition coefficient (Wildman–Crippen LogP) is 2.02. The second-order valence-corrected chi connectivity index (χ2v) is 4.00. The zero-order chi connectivity index (χ0) is 12.3. The molecular weight excluding hydrogens is 206 g/mol. The average molecular weight is 221 g/mol. The van der Waals surface area contributed by atoms with Crippen LogP contribution < -0.4 is 16.2 Å². The molecule has 0 saturated heterocycles. The van der Waals surface area contributed by atoms with Gasteiger partial charge in [-0.05, 0) is 33.7 Å². The topological polar surface area (TPSA) is 26.0 Å². The zero-order valence-corrected chi connectivity index (χ0v) is 9.69. The molecule has 0 atom stereocenters. The molecule has 0 radical (unpaired) electrons. The molecule has 0 aromatic heterocycles. The first-order valence-electron chi connectivity index (χ1n) is 5.47. The highest BCUT2D eigenvalue weighted by atomic mass is 14.5. The molecule has 0 fully saturated rings. The summed E-state index contributed by atoms with van der Waals surface area (Å²) in [7, 11) is 0. The van der Waals surface area contributed by atoms with Gasteiger partial charge in [-0.15, -0.1) is 0 Å². The Labute approximate surface area is 101 Å². The molecule has 0 saturated carbocycles. The largest absolute Gasteiger partial charge is 0.399 e. The van der Waals surface area contributed by atoms with Crippen molar-refractivity contribution in [2.45, 2.75) is 0 Å². The monoisotopic (exact) mass is 221 g/mol. The normalized spacial score (nSPS) is 11.4. The fraction of sp³-hybridized carbons (Fsp3) is 0. The van der Waals surface area contributed by atoms with Crippen molar-refractivity contribution in [2.75, 3.05) is 0 Å². The van der Waals surface area contributed by atoms with Gasteiger partial charge in [-0.25, -0.2) is 0 Å². The molecule has 2 aromatic carbocycles. The standard InChI is InChI=1S/C16H15N/c1-12-10-16(14-6-4-3-5-7-14)9-8-15(12)11-13(2)17/h3-11H,1-2,17H2/b15-11-. The molecule has 84 valence electrons. The smallest absolute Gasteiger partial charge is 0.0247 e. The average Bonchev–Trinajstić information content (AvgIpc) is 2.32. The van der Waals surface area contributed by atoms with Crippen LogP contribution in [0.3, 0.4) is 0 Å². The minimum absolute atomic E-state index is 0.544. The summed E-state index contributed by atoms with van der Waals surface area (Å²) in [6, 6.07) is 16.4. The van der Waals surface area contributed by atoms with Crippen molar-refractivity contribution >= 4 is 12.7 Å². The van der Waals surface area contributed by atoms with E-state index in [1.165, 1.54) is 5.56 Å². The molecule has 0 aliphatic carbocycles. The fourth-order valence-electron chi connectivity index (χ4n) is 1.76. The summed E-state index contributed by atoms with van der Waals surface area (Å²) in [6.45, 7) is 7.70. The van der Waals surface area contributed by atoms with Gasteiger partial charge in [0.15, 0.2) is 0 Å². The molecule has 0 aliphatic heterocycles. The van der Waals surface area contributed by atoms with Crippen LogP contribution in [-0.2, 0) is 0 Å². The molecule has 2 N–H and O–H groups in total. The van der Waals surface area contributed by atoms with Gasteiger partial charge in [0, 0.05) is 5.70 Å². The van der Waals surface area contributed by atoms with E-state index < -0.39 is 0 Å². The maximum absolute atomic E-state index is 5.56. The predicted molar refractivity (Wildman–Crippen MR) is 74.4 cm³/mol. The second kappa shape index (κ2) is 4.71. The molecule has 17 heavy (non-hydrogen) atoms. The first-order valence-corrected chi connectivity index (χ1v) is 5.47. The van der Waals surface area contributed by atoms with Crippen molar-refractivity contribution in [3.05, 3.63) is 71.2 Å². The molecule has 0 bridgehead atoms. The van der Waals surface area contributed by atoms with Crippen molar-refractivity contribution in [2.24, 2.45) is 5.73 Å². The Morgan fingerprint density at radius 1 is 1.00 bits per heavy atom. The van der Waals surface area contributed by atoms with E-state index in [2.05, 4.69) is 37.4 Å². The summed E-state index contributed by atoms with van der Waals surface area (Å²) in [5.74, 6) is 0. The third kappa shape index (κ3) is 2.64. The number of allylic oxidation sites excluding steroid dienone is 1. The molecule has 2 rings (SSSR count). The third-order valence-corrected chi connectivity index (χ3v) is 2.59. The molecule has 0 heterocycles. The van der Waals surface area contributed by atoms with Crippen LogP contribution in [0.15, 0.2) is 60.8 Å². The van der Waals surface area contributed by atoms with Crippen molar-refractivity contribution in [3.8, 4) is 11.1 Å². The van der Waals surface area contributed by atoms with Crippen molar-refractivity contribution in [3.63, 3.8) is 0 Å². The third-order valence-electron chi connectivity index (χ3n) is 2.59.